The molecule has 208 valence electrons. The maximum Gasteiger partial charge on any atom is 0.180 e. The summed E-state index contributed by atoms with van der Waals surface area (Å²) in [6.45, 7) is 4.77. The van der Waals surface area contributed by atoms with Gasteiger partial charge in [-0.05, 0) is 90.9 Å². The number of hydrogen-bond acceptors (Lipinski definition) is 4. The summed E-state index contributed by atoms with van der Waals surface area (Å²) in [4.78, 5) is 4.70. The van der Waals surface area contributed by atoms with Crippen molar-refractivity contribution >= 4 is 29.2 Å². The lowest BCUT2D eigenvalue weighted by Crippen LogP contribution is -2.29. The molecule has 1 heterocycles. The van der Waals surface area contributed by atoms with Crippen LogP contribution in [0.15, 0.2) is 96.0 Å². The molecule has 1 N–H and O–H groups in total. The van der Waals surface area contributed by atoms with Gasteiger partial charge in [0.1, 0.15) is 12.4 Å². The minimum Gasteiger partial charge on any atom is -0.490 e. The van der Waals surface area contributed by atoms with Crippen LogP contribution in [0.5, 0.6) is 11.5 Å². The van der Waals surface area contributed by atoms with Gasteiger partial charge in [0.15, 0.2) is 11.5 Å². The molecule has 4 aromatic carbocycles. The van der Waals surface area contributed by atoms with E-state index in [1.54, 1.807) is 24.4 Å². The van der Waals surface area contributed by atoms with Gasteiger partial charge in [-0.15, -0.1) is 0 Å². The number of halogens is 2. The average Bonchev–Trinajstić information content (AvgIpc) is 3.47. The normalized spacial score (nSPS) is 19.1. The highest BCUT2D eigenvalue weighted by molar-refractivity contribution is 6.32. The van der Waals surface area contributed by atoms with Gasteiger partial charge in [0.05, 0.1) is 23.4 Å². The van der Waals surface area contributed by atoms with Gasteiger partial charge in [0, 0.05) is 17.8 Å². The van der Waals surface area contributed by atoms with Crippen molar-refractivity contribution in [3.05, 3.63) is 130 Å². The first-order valence-corrected chi connectivity index (χ1v) is 14.4. The Hall–Kier alpha value is -4.09. The topological polar surface area (TPSA) is 42.8 Å². The highest BCUT2D eigenvalue weighted by atomic mass is 35.5. The van der Waals surface area contributed by atoms with Crippen LogP contribution in [0.1, 0.15) is 53.1 Å². The fourth-order valence-corrected chi connectivity index (χ4v) is 6.04. The summed E-state index contributed by atoms with van der Waals surface area (Å²) in [7, 11) is 0. The summed E-state index contributed by atoms with van der Waals surface area (Å²) < 4.78 is 25.0. The maximum atomic E-state index is 13.2. The standard InChI is InChI=1S/C35H32ClFN2O2/c1-3-40-33-19-24(18-31(36)35(33)41-21-23-8-12-26(37)13-9-23)20-38-27-14-10-25(11-15-27)34-29-6-4-5-28(29)30-17-22(2)7-16-32(30)39-34/h4-5,7-20,28-29,34,39H,3,6,21H2,1-2H3/t28-,29+,34+/m1/s1. The fourth-order valence-electron chi connectivity index (χ4n) is 5.76. The zero-order valence-corrected chi connectivity index (χ0v) is 23.9. The molecule has 6 heteroatoms. The van der Waals surface area contributed by atoms with Crippen molar-refractivity contribution in [3.63, 3.8) is 0 Å². The first-order valence-electron chi connectivity index (χ1n) is 14.0. The first kappa shape index (κ1) is 27.1. The van der Waals surface area contributed by atoms with Crippen molar-refractivity contribution in [2.75, 3.05) is 11.9 Å². The van der Waals surface area contributed by atoms with E-state index in [9.17, 15) is 4.39 Å². The second kappa shape index (κ2) is 11.8. The molecule has 0 spiro atoms. The average molecular weight is 567 g/mol. The van der Waals surface area contributed by atoms with Gasteiger partial charge in [-0.2, -0.15) is 0 Å². The molecule has 41 heavy (non-hydrogen) atoms. The number of benzene rings is 4. The Bertz CT molecular complexity index is 1600. The third kappa shape index (κ3) is 5.86. The van der Waals surface area contributed by atoms with Crippen LogP contribution in [0.25, 0.3) is 0 Å². The molecule has 0 unspecified atom stereocenters. The van der Waals surface area contributed by atoms with Gasteiger partial charge in [0.2, 0.25) is 0 Å². The SMILES string of the molecule is CCOc1cc(C=Nc2ccc([C@@H]3Nc4ccc(C)cc4[C@@H]4C=CC[C@@H]43)cc2)cc(Cl)c1OCc1ccc(F)cc1. The number of nitrogens with zero attached hydrogens (tertiary/aromatic N) is 1. The van der Waals surface area contributed by atoms with E-state index in [1.165, 1.54) is 34.5 Å². The summed E-state index contributed by atoms with van der Waals surface area (Å²) in [6, 6.07) is 25.3. The second-order valence-electron chi connectivity index (χ2n) is 10.6. The van der Waals surface area contributed by atoms with Gasteiger partial charge >= 0.3 is 0 Å². The van der Waals surface area contributed by atoms with Crippen molar-refractivity contribution in [3.8, 4) is 11.5 Å². The third-order valence-corrected chi connectivity index (χ3v) is 8.04. The molecular formula is C35H32ClFN2O2. The van der Waals surface area contributed by atoms with Crippen LogP contribution in [-0.4, -0.2) is 12.8 Å². The minimum absolute atomic E-state index is 0.248. The Morgan fingerprint density at radius 1 is 1.00 bits per heavy atom. The monoisotopic (exact) mass is 566 g/mol. The van der Waals surface area contributed by atoms with E-state index in [1.807, 2.05) is 13.0 Å². The molecule has 0 saturated carbocycles. The lowest BCUT2D eigenvalue weighted by molar-refractivity contribution is 0.269. The van der Waals surface area contributed by atoms with Crippen LogP contribution in [0.2, 0.25) is 5.02 Å². The lowest BCUT2D eigenvalue weighted by atomic mass is 9.76. The van der Waals surface area contributed by atoms with Crippen LogP contribution in [0.3, 0.4) is 0 Å². The third-order valence-electron chi connectivity index (χ3n) is 7.76. The molecule has 0 saturated heterocycles. The number of fused-ring (bicyclic) bond motifs is 3. The molecule has 0 radical (unpaired) electrons. The number of ether oxygens (including phenoxy) is 2. The van der Waals surface area contributed by atoms with Crippen LogP contribution < -0.4 is 14.8 Å². The second-order valence-corrected chi connectivity index (χ2v) is 11.0. The molecule has 1 aliphatic carbocycles. The van der Waals surface area contributed by atoms with E-state index < -0.39 is 0 Å². The Morgan fingerprint density at radius 3 is 2.59 bits per heavy atom. The Labute approximate surface area is 245 Å². The molecule has 0 amide bonds. The van der Waals surface area contributed by atoms with Gasteiger partial charge < -0.3 is 14.8 Å². The molecule has 0 aromatic heterocycles. The molecule has 6 rings (SSSR count). The number of hydrogen-bond donors (Lipinski definition) is 1. The number of aryl methyl sites for hydroxylation is 1. The molecule has 3 atom stereocenters. The van der Waals surface area contributed by atoms with E-state index >= 15 is 0 Å². The highest BCUT2D eigenvalue weighted by Crippen LogP contribution is 2.50. The van der Waals surface area contributed by atoms with Crippen molar-refractivity contribution in [1.29, 1.82) is 0 Å². The van der Waals surface area contributed by atoms with Crippen LogP contribution in [0, 0.1) is 18.7 Å². The van der Waals surface area contributed by atoms with Crippen LogP contribution in [-0.2, 0) is 6.61 Å². The predicted octanol–water partition coefficient (Wildman–Crippen LogP) is 9.34. The largest absolute Gasteiger partial charge is 0.490 e. The van der Waals surface area contributed by atoms with E-state index in [2.05, 4.69) is 66.9 Å². The van der Waals surface area contributed by atoms with Crippen molar-refractivity contribution in [2.24, 2.45) is 10.9 Å². The molecular weight excluding hydrogens is 535 g/mol. The van der Waals surface area contributed by atoms with Crippen molar-refractivity contribution in [2.45, 2.75) is 38.8 Å². The molecule has 0 fully saturated rings. The molecule has 4 aromatic rings. The van der Waals surface area contributed by atoms with Gasteiger partial charge in [-0.25, -0.2) is 4.39 Å². The number of aliphatic imine (C=N–C) groups is 1. The van der Waals surface area contributed by atoms with E-state index in [-0.39, 0.29) is 18.5 Å². The minimum atomic E-state index is -0.286. The van der Waals surface area contributed by atoms with Crippen LogP contribution >= 0.6 is 11.6 Å². The summed E-state index contributed by atoms with van der Waals surface area (Å²) in [6.07, 6.45) is 7.54. The maximum absolute atomic E-state index is 13.2. The lowest BCUT2D eigenvalue weighted by Gasteiger charge is -2.37. The molecule has 1 aliphatic heterocycles. The Balaban J connectivity index is 1.17. The molecule has 0 bridgehead atoms. The van der Waals surface area contributed by atoms with Gasteiger partial charge in [-0.1, -0.05) is 65.7 Å². The zero-order chi connectivity index (χ0) is 28.3. The van der Waals surface area contributed by atoms with Gasteiger partial charge in [-0.3, -0.25) is 4.99 Å². The quantitative estimate of drug-likeness (QED) is 0.171. The van der Waals surface area contributed by atoms with Gasteiger partial charge in [0.25, 0.3) is 0 Å². The predicted molar refractivity (Wildman–Crippen MR) is 165 cm³/mol. The van der Waals surface area contributed by atoms with Crippen LogP contribution in [0.4, 0.5) is 15.8 Å². The Kier molecular flexibility index (Phi) is 7.80. The zero-order valence-electron chi connectivity index (χ0n) is 23.1. The van der Waals surface area contributed by atoms with E-state index in [0.717, 1.165) is 23.2 Å². The first-order chi connectivity index (χ1) is 20.0. The number of allylic oxidation sites excluding steroid dienone is 2. The number of rotatable bonds is 8. The molecule has 4 nitrogen and oxygen atoms in total. The summed E-state index contributed by atoms with van der Waals surface area (Å²) in [5.41, 5.74) is 7.68. The van der Waals surface area contributed by atoms with E-state index in [4.69, 9.17) is 26.1 Å². The molecule has 2 aliphatic rings. The summed E-state index contributed by atoms with van der Waals surface area (Å²) >= 11 is 6.60. The Morgan fingerprint density at radius 2 is 1.80 bits per heavy atom. The van der Waals surface area contributed by atoms with Crippen molar-refractivity contribution in [1.82, 2.24) is 0 Å². The summed E-state index contributed by atoms with van der Waals surface area (Å²) in [5, 5.41) is 4.23. The van der Waals surface area contributed by atoms with Crippen molar-refractivity contribution < 1.29 is 13.9 Å². The fraction of sp³-hybridized carbons (Fsp3) is 0.229. The highest BCUT2D eigenvalue weighted by Gasteiger charge is 2.37. The summed E-state index contributed by atoms with van der Waals surface area (Å²) in [5.74, 6) is 1.65. The number of nitrogens with one attached hydrogen (secondary N) is 1. The van der Waals surface area contributed by atoms with E-state index in [0.29, 0.717) is 35.0 Å². The smallest absolute Gasteiger partial charge is 0.180 e. The number of anilines is 1.